The SMILES string of the molecule is CCCN(CC1CCCNC1)S(=O)(=O)CC#N. The number of sulfonamides is 1. The van der Waals surface area contributed by atoms with Gasteiger partial charge in [-0.25, -0.2) is 12.7 Å². The van der Waals surface area contributed by atoms with Gasteiger partial charge in [-0.1, -0.05) is 6.92 Å². The maximum atomic E-state index is 11.9. The van der Waals surface area contributed by atoms with Crippen molar-refractivity contribution in [3.05, 3.63) is 0 Å². The number of hydrogen-bond acceptors (Lipinski definition) is 4. The fourth-order valence-electron chi connectivity index (χ4n) is 2.13. The number of hydrogen-bond donors (Lipinski definition) is 1. The molecule has 0 amide bonds. The van der Waals surface area contributed by atoms with Gasteiger partial charge in [-0.3, -0.25) is 0 Å². The molecule has 1 fully saturated rings. The van der Waals surface area contributed by atoms with Gasteiger partial charge in [0.25, 0.3) is 0 Å². The van der Waals surface area contributed by atoms with Crippen LogP contribution in [0.4, 0.5) is 0 Å². The molecule has 1 N–H and O–H groups in total. The van der Waals surface area contributed by atoms with Crippen LogP contribution in [0.3, 0.4) is 0 Å². The largest absolute Gasteiger partial charge is 0.316 e. The molecule has 0 aromatic heterocycles. The van der Waals surface area contributed by atoms with Crippen LogP contribution in [0.15, 0.2) is 0 Å². The lowest BCUT2D eigenvalue weighted by Crippen LogP contribution is -2.42. The molecule has 1 heterocycles. The number of nitriles is 1. The Balaban J connectivity index is 2.62. The Morgan fingerprint density at radius 1 is 1.53 bits per heavy atom. The Labute approximate surface area is 104 Å². The molecule has 98 valence electrons. The average molecular weight is 259 g/mol. The van der Waals surface area contributed by atoms with Crippen molar-refractivity contribution < 1.29 is 8.42 Å². The zero-order valence-corrected chi connectivity index (χ0v) is 11.2. The van der Waals surface area contributed by atoms with Crippen molar-refractivity contribution in [1.29, 1.82) is 5.26 Å². The van der Waals surface area contributed by atoms with E-state index in [0.29, 0.717) is 19.0 Å². The van der Waals surface area contributed by atoms with Crippen molar-refractivity contribution in [1.82, 2.24) is 9.62 Å². The Bertz CT molecular complexity index is 355. The summed E-state index contributed by atoms with van der Waals surface area (Å²) in [6.07, 6.45) is 2.95. The number of piperidine rings is 1. The Morgan fingerprint density at radius 3 is 2.82 bits per heavy atom. The Hall–Kier alpha value is -0.640. The van der Waals surface area contributed by atoms with Crippen LogP contribution in [0, 0.1) is 17.2 Å². The highest BCUT2D eigenvalue weighted by atomic mass is 32.2. The van der Waals surface area contributed by atoms with Gasteiger partial charge in [0.2, 0.25) is 10.0 Å². The summed E-state index contributed by atoms with van der Waals surface area (Å²) >= 11 is 0. The molecule has 0 radical (unpaired) electrons. The number of nitrogens with one attached hydrogen (secondary N) is 1. The predicted molar refractivity (Wildman–Crippen MR) is 66.9 cm³/mol. The highest BCUT2D eigenvalue weighted by Gasteiger charge is 2.25. The van der Waals surface area contributed by atoms with E-state index < -0.39 is 15.8 Å². The molecule has 0 aliphatic carbocycles. The van der Waals surface area contributed by atoms with Crippen LogP contribution in [-0.4, -0.2) is 44.7 Å². The first-order valence-corrected chi connectivity index (χ1v) is 7.76. The Kier molecular flexibility index (Phi) is 5.89. The molecule has 0 bridgehead atoms. The zero-order valence-electron chi connectivity index (χ0n) is 10.4. The maximum Gasteiger partial charge on any atom is 0.227 e. The van der Waals surface area contributed by atoms with Crippen LogP contribution in [0.5, 0.6) is 0 Å². The highest BCUT2D eigenvalue weighted by molar-refractivity contribution is 7.89. The summed E-state index contributed by atoms with van der Waals surface area (Å²) < 4.78 is 25.2. The van der Waals surface area contributed by atoms with Gasteiger partial charge in [-0.05, 0) is 38.3 Å². The zero-order chi connectivity index (χ0) is 12.7. The molecule has 5 nitrogen and oxygen atoms in total. The minimum atomic E-state index is -3.39. The second kappa shape index (κ2) is 6.94. The summed E-state index contributed by atoms with van der Waals surface area (Å²) in [6, 6.07) is 1.74. The van der Waals surface area contributed by atoms with E-state index >= 15 is 0 Å². The summed E-state index contributed by atoms with van der Waals surface area (Å²) in [5.74, 6) is -0.0311. The van der Waals surface area contributed by atoms with Crippen LogP contribution < -0.4 is 5.32 Å². The minimum Gasteiger partial charge on any atom is -0.316 e. The lowest BCUT2D eigenvalue weighted by molar-refractivity contribution is 0.292. The van der Waals surface area contributed by atoms with Gasteiger partial charge in [-0.2, -0.15) is 5.26 Å². The van der Waals surface area contributed by atoms with Crippen molar-refractivity contribution in [2.45, 2.75) is 26.2 Å². The van der Waals surface area contributed by atoms with E-state index in [2.05, 4.69) is 5.32 Å². The van der Waals surface area contributed by atoms with Gasteiger partial charge in [0.05, 0.1) is 6.07 Å². The monoisotopic (exact) mass is 259 g/mol. The van der Waals surface area contributed by atoms with E-state index in [1.165, 1.54) is 4.31 Å². The second-order valence-corrected chi connectivity index (χ2v) is 6.45. The lowest BCUT2D eigenvalue weighted by Gasteiger charge is -2.28. The van der Waals surface area contributed by atoms with Crippen LogP contribution in [0.1, 0.15) is 26.2 Å². The molecule has 0 aromatic carbocycles. The molecule has 1 unspecified atom stereocenters. The molecule has 1 saturated heterocycles. The fourth-order valence-corrected chi connectivity index (χ4v) is 3.38. The summed E-state index contributed by atoms with van der Waals surface area (Å²) in [5, 5.41) is 11.8. The topological polar surface area (TPSA) is 73.2 Å². The van der Waals surface area contributed by atoms with Gasteiger partial charge in [0.15, 0.2) is 5.75 Å². The first-order chi connectivity index (χ1) is 8.10. The van der Waals surface area contributed by atoms with E-state index in [9.17, 15) is 8.42 Å². The van der Waals surface area contributed by atoms with Crippen LogP contribution in [-0.2, 0) is 10.0 Å². The molecule has 6 heteroatoms. The third kappa shape index (κ3) is 4.62. The molecule has 0 spiro atoms. The van der Waals surface area contributed by atoms with E-state index in [1.54, 1.807) is 6.07 Å². The fraction of sp³-hybridized carbons (Fsp3) is 0.909. The summed E-state index contributed by atoms with van der Waals surface area (Å²) in [7, 11) is -3.39. The molecule has 1 aliphatic heterocycles. The summed E-state index contributed by atoms with van der Waals surface area (Å²) in [6.45, 7) is 4.91. The van der Waals surface area contributed by atoms with Gasteiger partial charge in [0, 0.05) is 13.1 Å². The van der Waals surface area contributed by atoms with Crippen LogP contribution in [0.25, 0.3) is 0 Å². The maximum absolute atomic E-state index is 11.9. The minimum absolute atomic E-state index is 0.378. The van der Waals surface area contributed by atoms with Crippen molar-refractivity contribution in [3.8, 4) is 6.07 Å². The van der Waals surface area contributed by atoms with E-state index in [0.717, 1.165) is 32.4 Å². The third-order valence-electron chi connectivity index (χ3n) is 2.97. The summed E-state index contributed by atoms with van der Waals surface area (Å²) in [4.78, 5) is 0. The lowest BCUT2D eigenvalue weighted by atomic mass is 10.00. The van der Waals surface area contributed by atoms with E-state index in [-0.39, 0.29) is 0 Å². The average Bonchev–Trinajstić information content (AvgIpc) is 2.30. The normalized spacial score (nSPS) is 21.4. The molecule has 0 aromatic rings. The number of rotatable bonds is 6. The van der Waals surface area contributed by atoms with E-state index in [1.807, 2.05) is 6.92 Å². The van der Waals surface area contributed by atoms with E-state index in [4.69, 9.17) is 5.26 Å². The molecular formula is C11H21N3O2S. The quantitative estimate of drug-likeness (QED) is 0.756. The summed E-state index contributed by atoms with van der Waals surface area (Å²) in [5.41, 5.74) is 0. The van der Waals surface area contributed by atoms with Crippen molar-refractivity contribution >= 4 is 10.0 Å². The van der Waals surface area contributed by atoms with Crippen LogP contribution in [0.2, 0.25) is 0 Å². The molecular weight excluding hydrogens is 238 g/mol. The standard InChI is InChI=1S/C11H21N3O2S/c1-2-7-14(17(15,16)8-5-12)10-11-4-3-6-13-9-11/h11,13H,2-4,6-10H2,1H3. The molecule has 0 saturated carbocycles. The van der Waals surface area contributed by atoms with Crippen molar-refractivity contribution in [2.75, 3.05) is 31.9 Å². The van der Waals surface area contributed by atoms with Gasteiger partial charge in [-0.15, -0.1) is 0 Å². The molecule has 1 rings (SSSR count). The molecule has 1 atom stereocenters. The molecule has 1 aliphatic rings. The first-order valence-electron chi connectivity index (χ1n) is 6.15. The van der Waals surface area contributed by atoms with Crippen molar-refractivity contribution in [3.63, 3.8) is 0 Å². The first kappa shape index (κ1) is 14.4. The smallest absolute Gasteiger partial charge is 0.227 e. The third-order valence-corrected chi connectivity index (χ3v) is 4.59. The molecule has 17 heavy (non-hydrogen) atoms. The van der Waals surface area contributed by atoms with Crippen LogP contribution >= 0.6 is 0 Å². The predicted octanol–water partition coefficient (Wildman–Crippen LogP) is 0.551. The van der Waals surface area contributed by atoms with Gasteiger partial charge >= 0.3 is 0 Å². The van der Waals surface area contributed by atoms with Gasteiger partial charge in [0.1, 0.15) is 0 Å². The van der Waals surface area contributed by atoms with Crippen molar-refractivity contribution in [2.24, 2.45) is 5.92 Å². The number of nitrogens with zero attached hydrogens (tertiary/aromatic N) is 2. The van der Waals surface area contributed by atoms with Gasteiger partial charge < -0.3 is 5.32 Å². The second-order valence-electron chi connectivity index (χ2n) is 4.48. The Morgan fingerprint density at radius 2 is 2.29 bits per heavy atom. The highest BCUT2D eigenvalue weighted by Crippen LogP contribution is 2.14.